The van der Waals surface area contributed by atoms with Gasteiger partial charge in [-0.3, -0.25) is 0 Å². The van der Waals surface area contributed by atoms with Crippen LogP contribution in [0.4, 0.5) is 0 Å². The van der Waals surface area contributed by atoms with Crippen LogP contribution in [0.2, 0.25) is 0 Å². The fourth-order valence-electron chi connectivity index (χ4n) is 6.28. The maximum Gasteiger partial charge on any atom is 0.164 e. The Morgan fingerprint density at radius 3 is 1.55 bits per heavy atom. The van der Waals surface area contributed by atoms with Gasteiger partial charge in [0.25, 0.3) is 0 Å². The summed E-state index contributed by atoms with van der Waals surface area (Å²) in [5.74, 6) is 1.84. The predicted octanol–water partition coefficient (Wildman–Crippen LogP) is 9.87. The molecule has 0 aliphatic heterocycles. The number of hydrogen-bond acceptors (Lipinski definition) is 4. The topological polar surface area (TPSA) is 56.7 Å². The molecule has 0 aliphatic rings. The lowest BCUT2D eigenvalue weighted by Crippen LogP contribution is -2.01. The zero-order valence-corrected chi connectivity index (χ0v) is 23.6. The largest absolute Gasteiger partial charge is 0.456 e. The molecule has 44 heavy (non-hydrogen) atoms. The molecule has 206 valence electrons. The fourth-order valence-corrected chi connectivity index (χ4v) is 6.28. The van der Waals surface area contributed by atoms with Crippen molar-refractivity contribution in [1.82, 2.24) is 19.5 Å². The van der Waals surface area contributed by atoms with Gasteiger partial charge in [-0.05, 0) is 24.3 Å². The van der Waals surface area contributed by atoms with Crippen molar-refractivity contribution in [3.8, 4) is 39.9 Å². The lowest BCUT2D eigenvalue weighted by Gasteiger charge is -2.13. The molecule has 3 heterocycles. The Labute approximate surface area is 252 Å². The highest BCUT2D eigenvalue weighted by Gasteiger charge is 2.21. The Morgan fingerprint density at radius 1 is 0.432 bits per heavy atom. The predicted molar refractivity (Wildman–Crippen MR) is 178 cm³/mol. The van der Waals surface area contributed by atoms with E-state index in [1.807, 2.05) is 78.9 Å². The molecule has 0 fully saturated rings. The first-order valence-corrected chi connectivity index (χ1v) is 14.6. The molecule has 0 radical (unpaired) electrons. The zero-order chi connectivity index (χ0) is 29.0. The second-order valence-electron chi connectivity index (χ2n) is 10.9. The summed E-state index contributed by atoms with van der Waals surface area (Å²) in [7, 11) is 0. The van der Waals surface area contributed by atoms with Crippen molar-refractivity contribution in [2.75, 3.05) is 0 Å². The van der Waals surface area contributed by atoms with Crippen LogP contribution < -0.4 is 0 Å². The first-order chi connectivity index (χ1) is 21.8. The summed E-state index contributed by atoms with van der Waals surface area (Å²) in [6.07, 6.45) is 0. The monoisotopic (exact) mass is 564 g/mol. The SMILES string of the molecule is c1ccc(-c2nc(-c3ccccc3)nc(-c3cc(-n4c5ccccc5c5ccccc54)cc4oc5ccccc5c34)n2)cc1. The maximum atomic E-state index is 6.52. The minimum absolute atomic E-state index is 0.594. The van der Waals surface area contributed by atoms with Crippen molar-refractivity contribution in [2.24, 2.45) is 0 Å². The van der Waals surface area contributed by atoms with Crippen LogP contribution >= 0.6 is 0 Å². The van der Waals surface area contributed by atoms with Crippen LogP contribution in [-0.2, 0) is 0 Å². The van der Waals surface area contributed by atoms with E-state index in [1.54, 1.807) is 0 Å². The molecule has 5 nitrogen and oxygen atoms in total. The lowest BCUT2D eigenvalue weighted by atomic mass is 10.0. The van der Waals surface area contributed by atoms with Crippen LogP contribution in [0, 0.1) is 0 Å². The minimum Gasteiger partial charge on any atom is -0.456 e. The minimum atomic E-state index is 0.594. The Hall–Kier alpha value is -6.07. The molecule has 0 saturated heterocycles. The summed E-state index contributed by atoms with van der Waals surface area (Å²) in [5.41, 5.74) is 7.59. The van der Waals surface area contributed by atoms with Crippen LogP contribution in [0.15, 0.2) is 150 Å². The molecule has 9 aromatic rings. The van der Waals surface area contributed by atoms with Crippen LogP contribution in [0.3, 0.4) is 0 Å². The van der Waals surface area contributed by atoms with Crippen molar-refractivity contribution in [3.63, 3.8) is 0 Å². The van der Waals surface area contributed by atoms with Gasteiger partial charge in [0.2, 0.25) is 0 Å². The average Bonchev–Trinajstić information content (AvgIpc) is 3.64. The number of benzene rings is 6. The fraction of sp³-hybridized carbons (Fsp3) is 0. The van der Waals surface area contributed by atoms with Gasteiger partial charge in [0, 0.05) is 44.3 Å². The van der Waals surface area contributed by atoms with E-state index in [0.29, 0.717) is 17.5 Å². The van der Waals surface area contributed by atoms with Crippen molar-refractivity contribution in [3.05, 3.63) is 146 Å². The van der Waals surface area contributed by atoms with Crippen LogP contribution in [0.25, 0.3) is 83.6 Å². The standard InChI is InChI=1S/C39H24N4O/c1-3-13-25(14-4-1)37-40-38(26-15-5-2-6-16-26)42-39(41-37)31-23-27(24-35-36(31)30-19-9-12-22-34(30)44-35)43-32-20-10-7-17-28(32)29-18-8-11-21-33(29)43/h1-24H. The second kappa shape index (κ2) is 9.75. The summed E-state index contributed by atoms with van der Waals surface area (Å²) >= 11 is 0. The Morgan fingerprint density at radius 2 is 0.932 bits per heavy atom. The van der Waals surface area contributed by atoms with Gasteiger partial charge in [0.05, 0.1) is 16.7 Å². The molecule has 0 unspecified atom stereocenters. The van der Waals surface area contributed by atoms with E-state index in [1.165, 1.54) is 10.8 Å². The van der Waals surface area contributed by atoms with E-state index >= 15 is 0 Å². The van der Waals surface area contributed by atoms with Gasteiger partial charge in [-0.15, -0.1) is 0 Å². The zero-order valence-electron chi connectivity index (χ0n) is 23.6. The van der Waals surface area contributed by atoms with Crippen LogP contribution in [-0.4, -0.2) is 19.5 Å². The van der Waals surface area contributed by atoms with Gasteiger partial charge in [-0.2, -0.15) is 0 Å². The maximum absolute atomic E-state index is 6.52. The normalized spacial score (nSPS) is 11.6. The average molecular weight is 565 g/mol. The van der Waals surface area contributed by atoms with Crippen molar-refractivity contribution < 1.29 is 4.42 Å². The highest BCUT2D eigenvalue weighted by atomic mass is 16.3. The quantitative estimate of drug-likeness (QED) is 0.213. The van der Waals surface area contributed by atoms with Crippen LogP contribution in [0.5, 0.6) is 0 Å². The molecule has 0 aliphatic carbocycles. The molecule has 0 saturated carbocycles. The third-order valence-corrected chi connectivity index (χ3v) is 8.24. The molecule has 0 N–H and O–H groups in total. The number of fused-ring (bicyclic) bond motifs is 6. The first-order valence-electron chi connectivity index (χ1n) is 14.6. The highest BCUT2D eigenvalue weighted by molar-refractivity contribution is 6.14. The van der Waals surface area contributed by atoms with Crippen molar-refractivity contribution >= 4 is 43.7 Å². The summed E-state index contributed by atoms with van der Waals surface area (Å²) in [6.45, 7) is 0. The molecule has 6 aromatic carbocycles. The molecule has 0 amide bonds. The summed E-state index contributed by atoms with van der Waals surface area (Å²) in [4.78, 5) is 15.2. The van der Waals surface area contributed by atoms with Gasteiger partial charge >= 0.3 is 0 Å². The van der Waals surface area contributed by atoms with E-state index in [9.17, 15) is 0 Å². The van der Waals surface area contributed by atoms with Crippen molar-refractivity contribution in [1.29, 1.82) is 0 Å². The molecule has 0 bridgehead atoms. The number of nitrogens with zero attached hydrogens (tertiary/aromatic N) is 4. The number of furan rings is 1. The number of hydrogen-bond donors (Lipinski definition) is 0. The van der Waals surface area contributed by atoms with Gasteiger partial charge in [-0.25, -0.2) is 15.0 Å². The van der Waals surface area contributed by atoms with Gasteiger partial charge < -0.3 is 8.98 Å². The molecule has 5 heteroatoms. The van der Waals surface area contributed by atoms with Crippen LogP contribution in [0.1, 0.15) is 0 Å². The van der Waals surface area contributed by atoms with Gasteiger partial charge in [0.15, 0.2) is 17.5 Å². The molecule has 9 rings (SSSR count). The Balaban J connectivity index is 1.40. The lowest BCUT2D eigenvalue weighted by molar-refractivity contribution is 0.668. The molecule has 0 atom stereocenters. The molecule has 3 aromatic heterocycles. The van der Waals surface area contributed by atoms with E-state index in [2.05, 4.69) is 71.3 Å². The number of aromatic nitrogens is 4. The summed E-state index contributed by atoms with van der Waals surface area (Å²) in [5, 5.41) is 4.41. The molecular formula is C39H24N4O. The third kappa shape index (κ3) is 3.83. The molecular weight excluding hydrogens is 540 g/mol. The van der Waals surface area contributed by atoms with E-state index in [0.717, 1.165) is 55.3 Å². The van der Waals surface area contributed by atoms with Crippen molar-refractivity contribution in [2.45, 2.75) is 0 Å². The van der Waals surface area contributed by atoms with Gasteiger partial charge in [-0.1, -0.05) is 115 Å². The molecule has 0 spiro atoms. The summed E-state index contributed by atoms with van der Waals surface area (Å²) in [6, 6.07) is 49.7. The Kier molecular flexibility index (Phi) is 5.43. The smallest absolute Gasteiger partial charge is 0.164 e. The van der Waals surface area contributed by atoms with E-state index in [4.69, 9.17) is 19.4 Å². The highest BCUT2D eigenvalue weighted by Crippen LogP contribution is 2.40. The Bertz CT molecular complexity index is 2380. The van der Waals surface area contributed by atoms with E-state index < -0.39 is 0 Å². The first kappa shape index (κ1) is 24.5. The summed E-state index contributed by atoms with van der Waals surface area (Å²) < 4.78 is 8.83. The number of rotatable bonds is 4. The van der Waals surface area contributed by atoms with E-state index in [-0.39, 0.29) is 0 Å². The third-order valence-electron chi connectivity index (χ3n) is 8.24. The van der Waals surface area contributed by atoms with Gasteiger partial charge in [0.1, 0.15) is 11.2 Å². The second-order valence-corrected chi connectivity index (χ2v) is 10.9. The number of para-hydroxylation sites is 3.